The minimum atomic E-state index is 0.840. The summed E-state index contributed by atoms with van der Waals surface area (Å²) in [5.41, 5.74) is 2.24. The Morgan fingerprint density at radius 3 is 2.69 bits per heavy atom. The van der Waals surface area contributed by atoms with Gasteiger partial charge in [-0.2, -0.15) is 0 Å². The number of para-hydroxylation sites is 1. The first-order valence-electron chi connectivity index (χ1n) is 5.15. The molecule has 1 aliphatic heterocycles. The minimum Gasteiger partial charge on any atom is -0.457 e. The van der Waals surface area contributed by atoms with Crippen LogP contribution < -0.4 is 10.2 Å². The number of nitrogens with zero attached hydrogens (tertiary/aromatic N) is 1. The summed E-state index contributed by atoms with van der Waals surface area (Å²) >= 11 is 0. The molecule has 0 bridgehead atoms. The number of benzene rings is 2. The first-order valence-corrected chi connectivity index (χ1v) is 5.15. The summed E-state index contributed by atoms with van der Waals surface area (Å²) in [5.74, 6) is 1.69. The van der Waals surface area contributed by atoms with Crippen LogP contribution in [0.4, 0.5) is 0 Å². The molecular formula is C13H9BNO. The first kappa shape index (κ1) is 9.22. The molecule has 75 valence electrons. The monoisotopic (exact) mass is 206 g/mol. The third-order valence-electron chi connectivity index (χ3n) is 2.46. The molecule has 0 saturated carbocycles. The molecule has 0 aliphatic carbocycles. The predicted molar refractivity (Wildman–Crippen MR) is 65.9 cm³/mol. The Morgan fingerprint density at radius 2 is 1.81 bits per heavy atom. The van der Waals surface area contributed by atoms with Crippen LogP contribution in [-0.2, 0) is 0 Å². The van der Waals surface area contributed by atoms with E-state index in [1.807, 2.05) is 62.2 Å². The van der Waals surface area contributed by atoms with Crippen LogP contribution in [-0.4, -0.2) is 13.6 Å². The Morgan fingerprint density at radius 1 is 0.938 bits per heavy atom. The summed E-state index contributed by atoms with van der Waals surface area (Å²) in [6.45, 7) is 0. The van der Waals surface area contributed by atoms with Gasteiger partial charge in [0.2, 0.25) is 0 Å². The normalized spacial score (nSPS) is 12.0. The summed E-state index contributed by atoms with van der Waals surface area (Å²) < 4.78 is 5.73. The molecular weight excluding hydrogens is 197 g/mol. The Balaban J connectivity index is 1.87. The molecule has 0 aromatic heterocycles. The molecule has 2 aromatic rings. The van der Waals surface area contributed by atoms with Gasteiger partial charge in [-0.1, -0.05) is 24.3 Å². The second kappa shape index (κ2) is 3.85. The first-order chi connectivity index (χ1) is 7.92. The van der Waals surface area contributed by atoms with Crippen molar-refractivity contribution in [3.63, 3.8) is 0 Å². The fourth-order valence-electron chi connectivity index (χ4n) is 1.67. The van der Waals surface area contributed by atoms with Gasteiger partial charge in [-0.3, -0.25) is 0 Å². The predicted octanol–water partition coefficient (Wildman–Crippen LogP) is 2.16. The summed E-state index contributed by atoms with van der Waals surface area (Å²) in [4.78, 5) is 4.09. The van der Waals surface area contributed by atoms with E-state index in [0.717, 1.165) is 22.5 Å². The molecule has 1 radical (unpaired) electrons. The minimum absolute atomic E-state index is 0.840. The van der Waals surface area contributed by atoms with Crippen molar-refractivity contribution in [3.8, 4) is 11.5 Å². The highest BCUT2D eigenvalue weighted by molar-refractivity contribution is 6.57. The Hall–Kier alpha value is -2.03. The van der Waals surface area contributed by atoms with Crippen LogP contribution in [0.1, 0.15) is 5.56 Å². The van der Waals surface area contributed by atoms with E-state index in [0.29, 0.717) is 0 Å². The molecule has 2 nitrogen and oxygen atoms in total. The van der Waals surface area contributed by atoms with Crippen molar-refractivity contribution >= 4 is 19.1 Å². The van der Waals surface area contributed by atoms with E-state index in [-0.39, 0.29) is 0 Å². The van der Waals surface area contributed by atoms with Gasteiger partial charge >= 0.3 is 7.41 Å². The van der Waals surface area contributed by atoms with E-state index in [9.17, 15) is 0 Å². The molecule has 3 rings (SSSR count). The SMILES string of the molecule is [B]1N=Cc2ccc(Oc3ccccc3)cc21. The highest BCUT2D eigenvalue weighted by Gasteiger charge is 2.09. The van der Waals surface area contributed by atoms with Gasteiger partial charge in [0.25, 0.3) is 0 Å². The third-order valence-corrected chi connectivity index (χ3v) is 2.46. The zero-order chi connectivity index (χ0) is 10.8. The average molecular weight is 206 g/mol. The Labute approximate surface area is 94.9 Å². The van der Waals surface area contributed by atoms with Crippen molar-refractivity contribution < 1.29 is 4.74 Å². The molecule has 1 heterocycles. The smallest absolute Gasteiger partial charge is 0.312 e. The number of hydrogen-bond acceptors (Lipinski definition) is 2. The van der Waals surface area contributed by atoms with E-state index in [1.54, 1.807) is 0 Å². The van der Waals surface area contributed by atoms with Crippen molar-refractivity contribution in [2.75, 3.05) is 0 Å². The van der Waals surface area contributed by atoms with Crippen molar-refractivity contribution in [1.82, 2.24) is 0 Å². The van der Waals surface area contributed by atoms with Gasteiger partial charge in [-0.25, -0.2) is 0 Å². The van der Waals surface area contributed by atoms with Crippen LogP contribution in [0.3, 0.4) is 0 Å². The average Bonchev–Trinajstić information content (AvgIpc) is 2.77. The maximum Gasteiger partial charge on any atom is 0.312 e. The standard InChI is InChI=1S/C13H9BNO/c1-2-4-11(5-3-1)16-12-7-6-10-9-15-14-13(10)8-12/h1-9H. The lowest BCUT2D eigenvalue weighted by molar-refractivity contribution is 0.483. The van der Waals surface area contributed by atoms with Crippen molar-refractivity contribution in [1.29, 1.82) is 0 Å². The molecule has 0 spiro atoms. The highest BCUT2D eigenvalue weighted by atomic mass is 16.5. The van der Waals surface area contributed by atoms with Gasteiger partial charge in [0, 0.05) is 6.21 Å². The van der Waals surface area contributed by atoms with Crippen LogP contribution in [0.25, 0.3) is 0 Å². The fourth-order valence-corrected chi connectivity index (χ4v) is 1.67. The van der Waals surface area contributed by atoms with Crippen LogP contribution in [0.2, 0.25) is 0 Å². The lowest BCUT2D eigenvalue weighted by atomic mass is 9.84. The summed E-state index contributed by atoms with van der Waals surface area (Å²) in [5, 5.41) is 0. The number of rotatable bonds is 2. The van der Waals surface area contributed by atoms with Gasteiger partial charge in [-0.05, 0) is 35.3 Å². The maximum absolute atomic E-state index is 5.73. The van der Waals surface area contributed by atoms with E-state index in [1.165, 1.54) is 0 Å². The maximum atomic E-state index is 5.73. The molecule has 0 saturated heterocycles. The number of fused-ring (bicyclic) bond motifs is 1. The molecule has 0 N–H and O–H groups in total. The van der Waals surface area contributed by atoms with Gasteiger partial charge in [0.1, 0.15) is 11.5 Å². The second-order valence-electron chi connectivity index (χ2n) is 3.61. The lowest BCUT2D eigenvalue weighted by Crippen LogP contribution is -2.11. The van der Waals surface area contributed by atoms with Crippen LogP contribution in [0.15, 0.2) is 53.4 Å². The van der Waals surface area contributed by atoms with Gasteiger partial charge in [0.15, 0.2) is 0 Å². The molecule has 0 amide bonds. The molecule has 2 aromatic carbocycles. The van der Waals surface area contributed by atoms with Crippen LogP contribution in [0.5, 0.6) is 11.5 Å². The highest BCUT2D eigenvalue weighted by Crippen LogP contribution is 2.20. The quantitative estimate of drug-likeness (QED) is 0.690. The Kier molecular flexibility index (Phi) is 2.22. The lowest BCUT2D eigenvalue weighted by Gasteiger charge is -2.06. The summed E-state index contributed by atoms with van der Waals surface area (Å²) in [7, 11) is 1.84. The van der Waals surface area contributed by atoms with E-state index < -0.39 is 0 Å². The Bertz CT molecular complexity index is 537. The third kappa shape index (κ3) is 1.72. The zero-order valence-corrected chi connectivity index (χ0v) is 8.63. The summed E-state index contributed by atoms with van der Waals surface area (Å²) in [6.07, 6.45) is 1.85. The molecule has 1 aliphatic rings. The zero-order valence-electron chi connectivity index (χ0n) is 8.63. The van der Waals surface area contributed by atoms with Crippen molar-refractivity contribution in [3.05, 3.63) is 54.1 Å². The van der Waals surface area contributed by atoms with Crippen LogP contribution >= 0.6 is 0 Å². The largest absolute Gasteiger partial charge is 0.457 e. The number of hydrogen-bond donors (Lipinski definition) is 0. The van der Waals surface area contributed by atoms with Crippen LogP contribution in [0, 0.1) is 0 Å². The molecule has 0 unspecified atom stereocenters. The van der Waals surface area contributed by atoms with Gasteiger partial charge < -0.3 is 9.64 Å². The molecule has 3 heteroatoms. The summed E-state index contributed by atoms with van der Waals surface area (Å²) in [6, 6.07) is 15.7. The molecule has 0 atom stereocenters. The fraction of sp³-hybridized carbons (Fsp3) is 0. The van der Waals surface area contributed by atoms with Gasteiger partial charge in [0.05, 0.1) is 0 Å². The van der Waals surface area contributed by atoms with Crippen molar-refractivity contribution in [2.24, 2.45) is 4.90 Å². The van der Waals surface area contributed by atoms with E-state index in [2.05, 4.69) is 4.90 Å². The van der Waals surface area contributed by atoms with E-state index in [4.69, 9.17) is 4.74 Å². The van der Waals surface area contributed by atoms with Gasteiger partial charge in [-0.15, -0.1) is 0 Å². The topological polar surface area (TPSA) is 21.6 Å². The van der Waals surface area contributed by atoms with Crippen molar-refractivity contribution in [2.45, 2.75) is 0 Å². The number of ether oxygens (including phenoxy) is 1. The molecule has 16 heavy (non-hydrogen) atoms. The second-order valence-corrected chi connectivity index (χ2v) is 3.61. The van der Waals surface area contributed by atoms with E-state index >= 15 is 0 Å². The molecule has 0 fully saturated rings.